The first-order valence-electron chi connectivity index (χ1n) is 8.13. The summed E-state index contributed by atoms with van der Waals surface area (Å²) in [6.45, 7) is 4.52. The average molecular weight is 271 g/mol. The minimum Gasteiger partial charge on any atom is -0.382 e. The van der Waals surface area contributed by atoms with Gasteiger partial charge in [-0.25, -0.2) is 0 Å². The minimum absolute atomic E-state index is 0.584. The molecule has 110 valence electrons. The summed E-state index contributed by atoms with van der Waals surface area (Å²) in [6.07, 6.45) is 15.9. The maximum Gasteiger partial charge on any atom is 0.0354 e. The van der Waals surface area contributed by atoms with Crippen LogP contribution in [-0.2, 0) is 0 Å². The van der Waals surface area contributed by atoms with Crippen molar-refractivity contribution in [2.24, 2.45) is 0 Å². The summed E-state index contributed by atoms with van der Waals surface area (Å²) < 4.78 is 0. The smallest absolute Gasteiger partial charge is 0.0354 e. The van der Waals surface area contributed by atoms with Gasteiger partial charge in [0, 0.05) is 17.3 Å². The molecule has 1 aromatic carbocycles. The van der Waals surface area contributed by atoms with Gasteiger partial charge < -0.3 is 5.32 Å². The van der Waals surface area contributed by atoms with E-state index in [0.29, 0.717) is 6.04 Å². The molecule has 0 aromatic heterocycles. The summed E-state index contributed by atoms with van der Waals surface area (Å²) in [6, 6.07) is 8.79. The second kappa shape index (κ2) is 10.4. The molecule has 0 saturated heterocycles. The van der Waals surface area contributed by atoms with E-state index in [1.54, 1.807) is 0 Å². The van der Waals surface area contributed by atoms with Gasteiger partial charge in [0.15, 0.2) is 0 Å². The highest BCUT2D eigenvalue weighted by molar-refractivity contribution is 5.50. The first kappa shape index (κ1) is 16.6. The number of benzene rings is 1. The number of anilines is 1. The highest BCUT2D eigenvalue weighted by Gasteiger charge is 2.08. The quantitative estimate of drug-likeness (QED) is 0.431. The average Bonchev–Trinajstić information content (AvgIpc) is 2.47. The molecule has 0 aliphatic rings. The Morgan fingerprint density at radius 2 is 1.70 bits per heavy atom. The van der Waals surface area contributed by atoms with Crippen LogP contribution in [0.15, 0.2) is 24.3 Å². The molecule has 20 heavy (non-hydrogen) atoms. The maximum atomic E-state index is 5.47. The van der Waals surface area contributed by atoms with E-state index in [2.05, 4.69) is 37.2 Å². The van der Waals surface area contributed by atoms with Crippen LogP contribution >= 0.6 is 0 Å². The van der Waals surface area contributed by atoms with Crippen LogP contribution in [0.2, 0.25) is 0 Å². The molecule has 0 saturated carbocycles. The molecule has 0 radical (unpaired) electrons. The van der Waals surface area contributed by atoms with Crippen LogP contribution in [0, 0.1) is 12.3 Å². The lowest BCUT2D eigenvalue weighted by atomic mass is 10.0. The van der Waals surface area contributed by atoms with Gasteiger partial charge in [-0.1, -0.05) is 64.4 Å². The molecule has 0 amide bonds. The number of hydrogen-bond donors (Lipinski definition) is 1. The summed E-state index contributed by atoms with van der Waals surface area (Å²) in [7, 11) is 0. The fourth-order valence-corrected chi connectivity index (χ4v) is 2.50. The van der Waals surface area contributed by atoms with Crippen LogP contribution in [0.25, 0.3) is 0 Å². The van der Waals surface area contributed by atoms with Crippen molar-refractivity contribution in [2.75, 3.05) is 5.32 Å². The van der Waals surface area contributed by atoms with Gasteiger partial charge >= 0.3 is 0 Å². The molecule has 0 aliphatic carbocycles. The molecule has 0 spiro atoms. The molecular weight excluding hydrogens is 242 g/mol. The lowest BCUT2D eigenvalue weighted by Crippen LogP contribution is -2.19. The number of rotatable bonds is 10. The molecule has 1 heteroatoms. The van der Waals surface area contributed by atoms with Gasteiger partial charge in [0.05, 0.1) is 0 Å². The first-order valence-corrected chi connectivity index (χ1v) is 8.13. The summed E-state index contributed by atoms with van der Waals surface area (Å²) in [5.41, 5.74) is 2.12. The summed E-state index contributed by atoms with van der Waals surface area (Å²) in [5.74, 6) is 2.71. The van der Waals surface area contributed by atoms with Crippen molar-refractivity contribution in [3.63, 3.8) is 0 Å². The van der Waals surface area contributed by atoms with Crippen LogP contribution in [0.5, 0.6) is 0 Å². The molecule has 0 atom stereocenters. The Morgan fingerprint density at radius 1 is 1.05 bits per heavy atom. The van der Waals surface area contributed by atoms with Gasteiger partial charge in [-0.05, 0) is 31.0 Å². The van der Waals surface area contributed by atoms with Crippen LogP contribution in [0.1, 0.15) is 70.8 Å². The topological polar surface area (TPSA) is 12.0 Å². The van der Waals surface area contributed by atoms with Crippen molar-refractivity contribution >= 4 is 5.69 Å². The molecule has 0 bridgehead atoms. The van der Waals surface area contributed by atoms with E-state index in [4.69, 9.17) is 6.42 Å². The summed E-state index contributed by atoms with van der Waals surface area (Å²) >= 11 is 0. The molecule has 0 unspecified atom stereocenters. The third-order valence-electron chi connectivity index (χ3n) is 3.71. The van der Waals surface area contributed by atoms with Crippen molar-refractivity contribution < 1.29 is 0 Å². The molecule has 1 nitrogen and oxygen atoms in total. The largest absolute Gasteiger partial charge is 0.382 e. The monoisotopic (exact) mass is 271 g/mol. The van der Waals surface area contributed by atoms with Crippen LogP contribution in [0.3, 0.4) is 0 Å². The van der Waals surface area contributed by atoms with Gasteiger partial charge in [-0.2, -0.15) is 0 Å². The third kappa shape index (κ3) is 6.66. The summed E-state index contributed by atoms with van der Waals surface area (Å²) in [4.78, 5) is 0. The molecule has 1 aromatic rings. The van der Waals surface area contributed by atoms with Gasteiger partial charge in [0.1, 0.15) is 0 Å². The van der Waals surface area contributed by atoms with Crippen molar-refractivity contribution in [3.8, 4) is 12.3 Å². The van der Waals surface area contributed by atoms with Crippen molar-refractivity contribution in [2.45, 2.75) is 71.3 Å². The Hall–Kier alpha value is -1.42. The minimum atomic E-state index is 0.584. The van der Waals surface area contributed by atoms with Gasteiger partial charge in [-0.15, -0.1) is 6.42 Å². The zero-order chi connectivity index (χ0) is 14.6. The van der Waals surface area contributed by atoms with Gasteiger partial charge in [0.25, 0.3) is 0 Å². The Balaban J connectivity index is 2.54. The zero-order valence-corrected chi connectivity index (χ0v) is 13.1. The Morgan fingerprint density at radius 3 is 2.25 bits per heavy atom. The molecule has 0 fully saturated rings. The normalized spacial score (nSPS) is 10.5. The number of unbranched alkanes of at least 4 members (excludes halogenated alkanes) is 4. The highest BCUT2D eigenvalue weighted by Crippen LogP contribution is 2.18. The zero-order valence-electron chi connectivity index (χ0n) is 13.1. The molecule has 1 rings (SSSR count). The first-order chi connectivity index (χ1) is 9.80. The van der Waals surface area contributed by atoms with E-state index in [0.717, 1.165) is 5.56 Å². The van der Waals surface area contributed by atoms with E-state index in [9.17, 15) is 0 Å². The van der Waals surface area contributed by atoms with E-state index >= 15 is 0 Å². The predicted octanol–water partition coefficient (Wildman–Crippen LogP) is 5.61. The number of terminal acetylenes is 1. The van der Waals surface area contributed by atoms with E-state index in [-0.39, 0.29) is 0 Å². The second-order valence-electron chi connectivity index (χ2n) is 5.56. The fraction of sp³-hybridized carbons (Fsp3) is 0.579. The van der Waals surface area contributed by atoms with Crippen molar-refractivity contribution in [1.82, 2.24) is 0 Å². The van der Waals surface area contributed by atoms with E-state index in [1.807, 2.05) is 12.1 Å². The standard InChI is InChI=1S/C19H29N/c1-4-7-9-13-18(14-10-8-5-2)20-19-15-11-12-17(6-3)16-19/h3,11-12,15-16,18,20H,4-5,7-10,13-14H2,1-2H3. The van der Waals surface area contributed by atoms with E-state index in [1.165, 1.54) is 57.1 Å². The van der Waals surface area contributed by atoms with Crippen LogP contribution < -0.4 is 5.32 Å². The second-order valence-corrected chi connectivity index (χ2v) is 5.56. The number of nitrogens with one attached hydrogen (secondary N) is 1. The molecule has 0 aliphatic heterocycles. The van der Waals surface area contributed by atoms with E-state index < -0.39 is 0 Å². The third-order valence-corrected chi connectivity index (χ3v) is 3.71. The highest BCUT2D eigenvalue weighted by atomic mass is 14.9. The molecule has 1 N–H and O–H groups in total. The molecule has 0 heterocycles. The number of hydrogen-bond acceptors (Lipinski definition) is 1. The Kier molecular flexibility index (Phi) is 8.63. The van der Waals surface area contributed by atoms with Crippen molar-refractivity contribution in [1.29, 1.82) is 0 Å². The lowest BCUT2D eigenvalue weighted by molar-refractivity contribution is 0.526. The van der Waals surface area contributed by atoms with Crippen LogP contribution in [-0.4, -0.2) is 6.04 Å². The molecular formula is C19H29N. The van der Waals surface area contributed by atoms with Crippen molar-refractivity contribution in [3.05, 3.63) is 29.8 Å². The van der Waals surface area contributed by atoms with Crippen LogP contribution in [0.4, 0.5) is 5.69 Å². The van der Waals surface area contributed by atoms with Gasteiger partial charge in [-0.3, -0.25) is 0 Å². The van der Waals surface area contributed by atoms with Gasteiger partial charge in [0.2, 0.25) is 0 Å². The Labute approximate surface area is 125 Å². The lowest BCUT2D eigenvalue weighted by Gasteiger charge is -2.20. The SMILES string of the molecule is C#Cc1cccc(NC(CCCCC)CCCCC)c1. The predicted molar refractivity (Wildman–Crippen MR) is 90.1 cm³/mol. The fourth-order valence-electron chi connectivity index (χ4n) is 2.50. The Bertz CT molecular complexity index is 392. The maximum absolute atomic E-state index is 5.47. The summed E-state index contributed by atoms with van der Waals surface area (Å²) in [5, 5.41) is 3.68.